The Morgan fingerprint density at radius 1 is 1.13 bits per heavy atom. The summed E-state index contributed by atoms with van der Waals surface area (Å²) in [4.78, 5) is 2.34. The van der Waals surface area contributed by atoms with E-state index in [9.17, 15) is 5.11 Å². The lowest BCUT2D eigenvalue weighted by molar-refractivity contribution is 0.0857. The number of nitrogens with one attached hydrogen (secondary N) is 1. The largest absolute Gasteiger partial charge is 0.389 e. The van der Waals surface area contributed by atoms with Crippen molar-refractivity contribution in [1.29, 1.82) is 0 Å². The van der Waals surface area contributed by atoms with E-state index in [2.05, 4.69) is 10.2 Å². The molecule has 0 amide bonds. The van der Waals surface area contributed by atoms with E-state index in [1.54, 1.807) is 0 Å². The number of hydrogen-bond acceptors (Lipinski definition) is 4. The van der Waals surface area contributed by atoms with Gasteiger partial charge in [-0.15, -0.1) is 24.8 Å². The zero-order valence-electron chi connectivity index (χ0n) is 8.72. The molecule has 2 heterocycles. The Labute approximate surface area is 103 Å². The van der Waals surface area contributed by atoms with Gasteiger partial charge < -0.3 is 15.2 Å². The predicted molar refractivity (Wildman–Crippen MR) is 64.2 cm³/mol. The Bertz CT molecular complexity index is 166. The van der Waals surface area contributed by atoms with Crippen molar-refractivity contribution in [2.24, 2.45) is 0 Å². The molecule has 0 aliphatic carbocycles. The third-order valence-corrected chi connectivity index (χ3v) is 2.87. The van der Waals surface area contributed by atoms with Gasteiger partial charge in [-0.1, -0.05) is 0 Å². The van der Waals surface area contributed by atoms with Gasteiger partial charge in [0.15, 0.2) is 0 Å². The van der Waals surface area contributed by atoms with Crippen LogP contribution in [-0.4, -0.2) is 61.5 Å². The van der Waals surface area contributed by atoms with E-state index in [0.29, 0.717) is 13.2 Å². The molecule has 0 aromatic heterocycles. The zero-order chi connectivity index (χ0) is 9.10. The van der Waals surface area contributed by atoms with Gasteiger partial charge in [-0.05, 0) is 19.5 Å². The first-order valence-electron chi connectivity index (χ1n) is 5.08. The number of aliphatic hydroxyl groups is 1. The average molecular weight is 259 g/mol. The number of hydrogen-bond donors (Lipinski definition) is 2. The monoisotopic (exact) mass is 258 g/mol. The number of rotatable bonds is 1. The first-order valence-corrected chi connectivity index (χ1v) is 5.08. The van der Waals surface area contributed by atoms with Crippen molar-refractivity contribution in [2.75, 3.05) is 39.4 Å². The minimum atomic E-state index is -0.280. The molecule has 15 heavy (non-hydrogen) atoms. The van der Waals surface area contributed by atoms with E-state index in [-0.39, 0.29) is 37.0 Å². The maximum Gasteiger partial charge on any atom is 0.0950 e. The van der Waals surface area contributed by atoms with Crippen molar-refractivity contribution in [3.8, 4) is 0 Å². The number of halogens is 2. The first kappa shape index (κ1) is 15.4. The SMILES string of the molecule is Cl.Cl.OC1COCC1N1CCCNCC1. The Balaban J connectivity index is 0.000000980. The molecule has 0 bridgehead atoms. The van der Waals surface area contributed by atoms with Gasteiger partial charge in [-0.2, -0.15) is 0 Å². The molecule has 2 atom stereocenters. The Morgan fingerprint density at radius 2 is 1.93 bits per heavy atom. The minimum Gasteiger partial charge on any atom is -0.389 e. The third kappa shape index (κ3) is 4.06. The maximum atomic E-state index is 9.65. The van der Waals surface area contributed by atoms with Crippen LogP contribution in [0.4, 0.5) is 0 Å². The van der Waals surface area contributed by atoms with Crippen LogP contribution in [0, 0.1) is 0 Å². The average Bonchev–Trinajstić information content (AvgIpc) is 2.43. The molecular formula is C9H20Cl2N2O2. The lowest BCUT2D eigenvalue weighted by Crippen LogP contribution is -2.44. The summed E-state index contributed by atoms with van der Waals surface area (Å²) in [6.45, 7) is 5.45. The van der Waals surface area contributed by atoms with Gasteiger partial charge in [0, 0.05) is 13.1 Å². The summed E-state index contributed by atoms with van der Waals surface area (Å²) in [6.07, 6.45) is 0.890. The Kier molecular flexibility index (Phi) is 7.87. The van der Waals surface area contributed by atoms with Crippen LogP contribution in [0.2, 0.25) is 0 Å². The molecule has 0 saturated carbocycles. The highest BCUT2D eigenvalue weighted by Crippen LogP contribution is 2.13. The molecule has 2 aliphatic rings. The van der Waals surface area contributed by atoms with Gasteiger partial charge in [0.25, 0.3) is 0 Å². The van der Waals surface area contributed by atoms with Crippen molar-refractivity contribution < 1.29 is 9.84 Å². The molecule has 6 heteroatoms. The van der Waals surface area contributed by atoms with Crippen molar-refractivity contribution in [2.45, 2.75) is 18.6 Å². The lowest BCUT2D eigenvalue weighted by atomic mass is 10.2. The van der Waals surface area contributed by atoms with E-state index in [4.69, 9.17) is 4.74 Å². The van der Waals surface area contributed by atoms with Crippen LogP contribution >= 0.6 is 24.8 Å². The fourth-order valence-electron chi connectivity index (χ4n) is 2.08. The fraction of sp³-hybridized carbons (Fsp3) is 1.00. The lowest BCUT2D eigenvalue weighted by Gasteiger charge is -2.27. The molecule has 2 saturated heterocycles. The van der Waals surface area contributed by atoms with Gasteiger partial charge in [0.2, 0.25) is 0 Å². The van der Waals surface area contributed by atoms with Gasteiger partial charge in [-0.3, -0.25) is 4.90 Å². The quantitative estimate of drug-likeness (QED) is 0.689. The molecule has 0 radical (unpaired) electrons. The second-order valence-corrected chi connectivity index (χ2v) is 3.81. The normalized spacial score (nSPS) is 32.6. The van der Waals surface area contributed by atoms with Crippen molar-refractivity contribution >= 4 is 24.8 Å². The van der Waals surface area contributed by atoms with E-state index in [0.717, 1.165) is 26.2 Å². The summed E-state index contributed by atoms with van der Waals surface area (Å²) in [6, 6.07) is 0.236. The number of nitrogens with zero attached hydrogens (tertiary/aromatic N) is 1. The van der Waals surface area contributed by atoms with Crippen LogP contribution < -0.4 is 5.32 Å². The van der Waals surface area contributed by atoms with Crippen LogP contribution in [0.1, 0.15) is 6.42 Å². The molecular weight excluding hydrogens is 239 g/mol. The minimum absolute atomic E-state index is 0. The zero-order valence-corrected chi connectivity index (χ0v) is 10.4. The van der Waals surface area contributed by atoms with Gasteiger partial charge in [0.05, 0.1) is 25.4 Å². The number of aliphatic hydroxyl groups excluding tert-OH is 1. The van der Waals surface area contributed by atoms with E-state index in [1.165, 1.54) is 6.42 Å². The van der Waals surface area contributed by atoms with E-state index < -0.39 is 0 Å². The predicted octanol–water partition coefficient (Wildman–Crippen LogP) is -0.115. The van der Waals surface area contributed by atoms with Gasteiger partial charge in [0.1, 0.15) is 0 Å². The summed E-state index contributed by atoms with van der Waals surface area (Å²) in [5.74, 6) is 0. The van der Waals surface area contributed by atoms with Crippen LogP contribution in [0.25, 0.3) is 0 Å². The summed E-state index contributed by atoms with van der Waals surface area (Å²) in [5, 5.41) is 13.0. The highest BCUT2D eigenvalue weighted by Gasteiger charge is 2.31. The third-order valence-electron chi connectivity index (χ3n) is 2.87. The molecule has 2 fully saturated rings. The van der Waals surface area contributed by atoms with Crippen LogP contribution in [0.15, 0.2) is 0 Å². The molecule has 2 rings (SSSR count). The smallest absolute Gasteiger partial charge is 0.0950 e. The molecule has 4 nitrogen and oxygen atoms in total. The molecule has 0 aromatic carbocycles. The first-order chi connectivity index (χ1) is 6.38. The van der Waals surface area contributed by atoms with Gasteiger partial charge >= 0.3 is 0 Å². The van der Waals surface area contributed by atoms with E-state index in [1.807, 2.05) is 0 Å². The van der Waals surface area contributed by atoms with Crippen LogP contribution in [-0.2, 0) is 4.74 Å². The molecule has 2 unspecified atom stereocenters. The molecule has 2 N–H and O–H groups in total. The molecule has 92 valence electrons. The van der Waals surface area contributed by atoms with Crippen molar-refractivity contribution in [3.05, 3.63) is 0 Å². The number of ether oxygens (including phenoxy) is 1. The summed E-state index contributed by atoms with van der Waals surface area (Å²) >= 11 is 0. The Morgan fingerprint density at radius 3 is 2.60 bits per heavy atom. The molecule has 0 spiro atoms. The summed E-state index contributed by atoms with van der Waals surface area (Å²) < 4.78 is 5.25. The van der Waals surface area contributed by atoms with Crippen molar-refractivity contribution in [3.63, 3.8) is 0 Å². The summed E-state index contributed by atoms with van der Waals surface area (Å²) in [5.41, 5.74) is 0. The standard InChI is InChI=1S/C9H18N2O2.2ClH/c12-9-7-13-6-8(9)11-4-1-2-10-3-5-11;;/h8-10,12H,1-7H2;2*1H. The summed E-state index contributed by atoms with van der Waals surface area (Å²) in [7, 11) is 0. The van der Waals surface area contributed by atoms with Crippen LogP contribution in [0.3, 0.4) is 0 Å². The topological polar surface area (TPSA) is 44.7 Å². The van der Waals surface area contributed by atoms with Crippen LogP contribution in [0.5, 0.6) is 0 Å². The van der Waals surface area contributed by atoms with Crippen molar-refractivity contribution in [1.82, 2.24) is 10.2 Å². The Hall–Kier alpha value is 0.420. The molecule has 2 aliphatic heterocycles. The second kappa shape index (κ2) is 7.65. The molecule has 0 aromatic rings. The maximum absolute atomic E-state index is 9.65. The second-order valence-electron chi connectivity index (χ2n) is 3.81. The highest BCUT2D eigenvalue weighted by molar-refractivity contribution is 5.85. The van der Waals surface area contributed by atoms with E-state index >= 15 is 0 Å². The fourth-order valence-corrected chi connectivity index (χ4v) is 2.08. The highest BCUT2D eigenvalue weighted by atomic mass is 35.5. The van der Waals surface area contributed by atoms with Gasteiger partial charge in [-0.25, -0.2) is 0 Å².